The molecule has 0 aliphatic rings. The highest BCUT2D eigenvalue weighted by Crippen LogP contribution is 2.26. The molecule has 0 bridgehead atoms. The number of nitrogens with zero attached hydrogens (tertiary/aromatic N) is 1. The molecule has 0 aliphatic carbocycles. The van der Waals surface area contributed by atoms with Crippen LogP contribution in [0.4, 0.5) is 14.5 Å². The van der Waals surface area contributed by atoms with Gasteiger partial charge in [0.05, 0.1) is 16.3 Å². The van der Waals surface area contributed by atoms with Crippen LogP contribution in [0.25, 0.3) is 0 Å². The van der Waals surface area contributed by atoms with Gasteiger partial charge in [-0.1, -0.05) is 29.0 Å². The third kappa shape index (κ3) is 2.44. The molecular weight excluding hydrogens is 277 g/mol. The Bertz CT molecular complexity index is 575. The number of benzene rings is 1. The summed E-state index contributed by atoms with van der Waals surface area (Å²) in [5.41, 5.74) is 6.04. The molecule has 3 N–H and O–H groups in total. The van der Waals surface area contributed by atoms with Crippen molar-refractivity contribution in [3.05, 3.63) is 40.3 Å². The lowest BCUT2D eigenvalue weighted by Crippen LogP contribution is -2.14. The summed E-state index contributed by atoms with van der Waals surface area (Å²) in [6.07, 6.45) is 0. The van der Waals surface area contributed by atoms with E-state index in [0.29, 0.717) is 15.8 Å². The van der Waals surface area contributed by atoms with E-state index in [1.165, 1.54) is 18.2 Å². The molecule has 2 aromatic rings. The summed E-state index contributed by atoms with van der Waals surface area (Å²) < 4.78 is 13.5. The van der Waals surface area contributed by atoms with Crippen LogP contribution in [-0.4, -0.2) is 10.9 Å². The van der Waals surface area contributed by atoms with Crippen molar-refractivity contribution in [2.45, 2.75) is 6.92 Å². The number of nitrogens with two attached hydrogens (primary N) is 1. The average molecular weight is 286 g/mol. The number of amides is 1. The lowest BCUT2D eigenvalue weighted by Gasteiger charge is -2.04. The average Bonchev–Trinajstić information content (AvgIpc) is 2.57. The van der Waals surface area contributed by atoms with E-state index >= 15 is 0 Å². The van der Waals surface area contributed by atoms with E-state index in [4.69, 9.17) is 17.3 Å². The van der Waals surface area contributed by atoms with Crippen LogP contribution in [0.2, 0.25) is 5.02 Å². The molecule has 0 radical (unpaired) electrons. The van der Waals surface area contributed by atoms with Crippen molar-refractivity contribution >= 4 is 39.0 Å². The molecule has 4 nitrogen and oxygen atoms in total. The highest BCUT2D eigenvalue weighted by molar-refractivity contribution is 7.19. The maximum Gasteiger partial charge on any atom is 0.261 e. The number of thiazole rings is 1. The van der Waals surface area contributed by atoms with Crippen LogP contribution >= 0.6 is 22.9 Å². The van der Waals surface area contributed by atoms with E-state index in [-0.39, 0.29) is 10.6 Å². The fraction of sp³-hybridized carbons (Fsp3) is 0.0909. The third-order valence-corrected chi connectivity index (χ3v) is 3.46. The molecule has 0 fully saturated rings. The molecule has 1 heterocycles. The van der Waals surface area contributed by atoms with Gasteiger partial charge in [-0.2, -0.15) is 0 Å². The number of hydrogen-bond donors (Lipinski definition) is 2. The van der Waals surface area contributed by atoms with Crippen LogP contribution in [0.1, 0.15) is 16.1 Å². The molecule has 0 atom stereocenters. The number of carbonyl (C=O) groups excluding carboxylic acids is 1. The van der Waals surface area contributed by atoms with E-state index in [1.807, 2.05) is 0 Å². The van der Waals surface area contributed by atoms with Gasteiger partial charge in [0.1, 0.15) is 10.8 Å². The molecule has 1 amide bonds. The molecule has 0 spiro atoms. The number of rotatable bonds is 2. The molecule has 1 aromatic carbocycles. The minimum atomic E-state index is -0.679. The number of carbonyl (C=O) groups is 1. The van der Waals surface area contributed by atoms with Gasteiger partial charge >= 0.3 is 0 Å². The van der Waals surface area contributed by atoms with Crippen molar-refractivity contribution < 1.29 is 9.18 Å². The van der Waals surface area contributed by atoms with Crippen LogP contribution < -0.4 is 11.1 Å². The summed E-state index contributed by atoms with van der Waals surface area (Å²) in [4.78, 5) is 15.9. The topological polar surface area (TPSA) is 68.0 Å². The number of nitrogens with one attached hydrogen (secondary N) is 1. The van der Waals surface area contributed by atoms with Gasteiger partial charge in [-0.15, -0.1) is 0 Å². The van der Waals surface area contributed by atoms with Crippen molar-refractivity contribution in [2.24, 2.45) is 0 Å². The number of aryl methyl sites for hydroxylation is 1. The van der Waals surface area contributed by atoms with Crippen molar-refractivity contribution in [3.63, 3.8) is 0 Å². The molecule has 0 saturated carbocycles. The molecule has 2 rings (SSSR count). The van der Waals surface area contributed by atoms with Gasteiger partial charge < -0.3 is 5.73 Å². The van der Waals surface area contributed by atoms with E-state index < -0.39 is 11.7 Å². The fourth-order valence-corrected chi connectivity index (χ4v) is 2.31. The monoisotopic (exact) mass is 285 g/mol. The summed E-state index contributed by atoms with van der Waals surface area (Å²) in [7, 11) is 0. The Morgan fingerprint density at radius 2 is 2.28 bits per heavy atom. The predicted octanol–water partition coefficient (Wildman–Crippen LogP) is 3.08. The van der Waals surface area contributed by atoms with Crippen LogP contribution in [0.3, 0.4) is 0 Å². The van der Waals surface area contributed by atoms with Crippen LogP contribution in [0.5, 0.6) is 0 Å². The standard InChI is InChI=1S/C11H9ClFN3OS/c1-5-9(14)18-11(15-5)16-10(17)8-6(12)3-2-4-7(8)13/h2-4H,14H2,1H3,(H,15,16,17). The quantitative estimate of drug-likeness (QED) is 0.891. The Morgan fingerprint density at radius 3 is 2.83 bits per heavy atom. The van der Waals surface area contributed by atoms with Gasteiger partial charge in [-0.05, 0) is 19.1 Å². The zero-order chi connectivity index (χ0) is 13.3. The fourth-order valence-electron chi connectivity index (χ4n) is 1.34. The summed E-state index contributed by atoms with van der Waals surface area (Å²) in [6, 6.07) is 4.04. The maximum absolute atomic E-state index is 13.5. The van der Waals surface area contributed by atoms with Gasteiger partial charge in [0.25, 0.3) is 5.91 Å². The highest BCUT2D eigenvalue weighted by atomic mass is 35.5. The first-order valence-corrected chi connectivity index (χ1v) is 6.16. The zero-order valence-electron chi connectivity index (χ0n) is 9.33. The third-order valence-electron chi connectivity index (χ3n) is 2.24. The summed E-state index contributed by atoms with van der Waals surface area (Å²) in [6.45, 7) is 1.72. The van der Waals surface area contributed by atoms with Gasteiger partial charge in [0.2, 0.25) is 0 Å². The molecule has 18 heavy (non-hydrogen) atoms. The normalized spacial score (nSPS) is 10.4. The summed E-state index contributed by atoms with van der Waals surface area (Å²) in [5, 5.41) is 3.33. The first-order valence-electron chi connectivity index (χ1n) is 4.97. The van der Waals surface area contributed by atoms with Gasteiger partial charge in [-0.25, -0.2) is 9.37 Å². The highest BCUT2D eigenvalue weighted by Gasteiger charge is 2.17. The van der Waals surface area contributed by atoms with E-state index in [1.54, 1.807) is 6.92 Å². The van der Waals surface area contributed by atoms with Crippen molar-refractivity contribution in [2.75, 3.05) is 11.1 Å². The number of anilines is 2. The largest absolute Gasteiger partial charge is 0.389 e. The predicted molar refractivity (Wildman–Crippen MR) is 70.6 cm³/mol. The Morgan fingerprint density at radius 1 is 1.56 bits per heavy atom. The van der Waals surface area contributed by atoms with Crippen molar-refractivity contribution in [1.82, 2.24) is 4.98 Å². The van der Waals surface area contributed by atoms with E-state index in [0.717, 1.165) is 11.3 Å². The van der Waals surface area contributed by atoms with E-state index in [2.05, 4.69) is 10.3 Å². The van der Waals surface area contributed by atoms with Crippen LogP contribution in [-0.2, 0) is 0 Å². The Kier molecular flexibility index (Phi) is 3.49. The second-order valence-corrected chi connectivity index (χ2v) is 4.96. The zero-order valence-corrected chi connectivity index (χ0v) is 10.9. The van der Waals surface area contributed by atoms with Crippen molar-refractivity contribution in [1.29, 1.82) is 0 Å². The first kappa shape index (κ1) is 12.8. The first-order chi connectivity index (χ1) is 8.49. The van der Waals surface area contributed by atoms with Crippen LogP contribution in [0, 0.1) is 12.7 Å². The molecule has 94 valence electrons. The summed E-state index contributed by atoms with van der Waals surface area (Å²) >= 11 is 6.90. The molecule has 1 aromatic heterocycles. The molecule has 0 saturated heterocycles. The second-order valence-electron chi connectivity index (χ2n) is 3.52. The minimum Gasteiger partial charge on any atom is -0.389 e. The number of nitrogen functional groups attached to an aromatic ring is 1. The lowest BCUT2D eigenvalue weighted by molar-refractivity contribution is 0.102. The lowest BCUT2D eigenvalue weighted by atomic mass is 10.2. The molecule has 7 heteroatoms. The van der Waals surface area contributed by atoms with E-state index in [9.17, 15) is 9.18 Å². The van der Waals surface area contributed by atoms with Crippen LogP contribution in [0.15, 0.2) is 18.2 Å². The number of hydrogen-bond acceptors (Lipinski definition) is 4. The van der Waals surface area contributed by atoms with Gasteiger partial charge in [0, 0.05) is 0 Å². The SMILES string of the molecule is Cc1nc(NC(=O)c2c(F)cccc2Cl)sc1N. The van der Waals surface area contributed by atoms with Crippen molar-refractivity contribution in [3.8, 4) is 0 Å². The Balaban J connectivity index is 2.27. The Labute approximate surface area is 112 Å². The molecule has 0 aliphatic heterocycles. The molecular formula is C11H9ClFN3OS. The second kappa shape index (κ2) is 4.91. The number of aromatic nitrogens is 1. The minimum absolute atomic E-state index is 0.0498. The molecule has 0 unspecified atom stereocenters. The smallest absolute Gasteiger partial charge is 0.261 e. The Hall–Kier alpha value is -1.66. The number of halogens is 2. The maximum atomic E-state index is 13.5. The van der Waals surface area contributed by atoms with Gasteiger partial charge in [-0.3, -0.25) is 10.1 Å². The summed E-state index contributed by atoms with van der Waals surface area (Å²) in [5.74, 6) is -1.33. The van der Waals surface area contributed by atoms with Gasteiger partial charge in [0.15, 0.2) is 5.13 Å².